The molecule has 1 amide bonds. The molecule has 0 heterocycles. The summed E-state index contributed by atoms with van der Waals surface area (Å²) in [5.41, 5.74) is 2.06. The zero-order chi connectivity index (χ0) is 18.3. The van der Waals surface area contributed by atoms with Crippen LogP contribution in [-0.2, 0) is 10.2 Å². The largest absolute Gasteiger partial charge is 0.493 e. The highest BCUT2D eigenvalue weighted by atomic mass is 16.5. The smallest absolute Gasteiger partial charge is 0.238 e. The highest BCUT2D eigenvalue weighted by Crippen LogP contribution is 2.62. The van der Waals surface area contributed by atoms with Gasteiger partial charge < -0.3 is 14.8 Å². The van der Waals surface area contributed by atoms with E-state index in [1.54, 1.807) is 14.2 Å². The van der Waals surface area contributed by atoms with Crippen LogP contribution in [0.4, 0.5) is 5.69 Å². The minimum atomic E-state index is -0.273. The minimum Gasteiger partial charge on any atom is -0.493 e. The fourth-order valence-electron chi connectivity index (χ4n) is 6.13. The molecule has 4 aliphatic rings. The van der Waals surface area contributed by atoms with Gasteiger partial charge in [0.15, 0.2) is 11.5 Å². The van der Waals surface area contributed by atoms with Gasteiger partial charge in [-0.3, -0.25) is 4.79 Å². The van der Waals surface area contributed by atoms with Crippen LogP contribution in [0.2, 0.25) is 0 Å². The zero-order valence-electron chi connectivity index (χ0n) is 15.5. The van der Waals surface area contributed by atoms with Crippen LogP contribution < -0.4 is 14.8 Å². The number of amides is 1. The summed E-state index contributed by atoms with van der Waals surface area (Å²) in [7, 11) is 3.25. The second kappa shape index (κ2) is 6.50. The average molecular weight is 354 g/mol. The number of nitrogens with one attached hydrogen (secondary N) is 1. The van der Waals surface area contributed by atoms with Gasteiger partial charge in [-0.25, -0.2) is 0 Å². The summed E-state index contributed by atoms with van der Waals surface area (Å²) in [6.45, 7) is 0. The quantitative estimate of drug-likeness (QED) is 0.867. The lowest BCUT2D eigenvalue weighted by Gasteiger charge is -2.57. The Bertz CT molecular complexity index is 730. The lowest BCUT2D eigenvalue weighted by atomic mass is 9.48. The normalized spacial score (nSPS) is 31.3. The Morgan fingerprint density at radius 3 is 2.15 bits per heavy atom. The Kier molecular flexibility index (Phi) is 4.30. The first kappa shape index (κ1) is 17.2. The molecule has 0 radical (unpaired) electrons. The standard InChI is InChI=1S/C21H26N2O3/c1-25-18-8-16(17(9-19(18)26-2)23-20(24)3-4-22)21-10-13-5-14(11-21)7-15(6-13)12-21/h8-9,13-15H,3,5-7,10-12H2,1-2H3,(H,23,24). The Morgan fingerprint density at radius 2 is 1.65 bits per heavy atom. The first-order valence-corrected chi connectivity index (χ1v) is 9.50. The number of hydrogen-bond acceptors (Lipinski definition) is 4. The highest BCUT2D eigenvalue weighted by Gasteiger charge is 2.52. The number of benzene rings is 1. The predicted molar refractivity (Wildman–Crippen MR) is 98.3 cm³/mol. The molecule has 4 bridgehead atoms. The van der Waals surface area contributed by atoms with Gasteiger partial charge >= 0.3 is 0 Å². The Balaban J connectivity index is 1.78. The van der Waals surface area contributed by atoms with Gasteiger partial charge in [0.05, 0.1) is 20.3 Å². The van der Waals surface area contributed by atoms with Crippen LogP contribution in [0, 0.1) is 29.1 Å². The number of rotatable bonds is 5. The maximum atomic E-state index is 12.1. The van der Waals surface area contributed by atoms with E-state index >= 15 is 0 Å². The second-order valence-electron chi connectivity index (χ2n) is 8.33. The van der Waals surface area contributed by atoms with Crippen LogP contribution in [0.25, 0.3) is 0 Å². The zero-order valence-corrected chi connectivity index (χ0v) is 15.5. The van der Waals surface area contributed by atoms with E-state index in [9.17, 15) is 4.79 Å². The van der Waals surface area contributed by atoms with E-state index in [4.69, 9.17) is 14.7 Å². The van der Waals surface area contributed by atoms with E-state index in [0.717, 1.165) is 23.4 Å². The molecule has 4 fully saturated rings. The molecular formula is C21H26N2O3. The van der Waals surface area contributed by atoms with Crippen LogP contribution in [0.5, 0.6) is 11.5 Å². The molecule has 0 atom stereocenters. The number of ether oxygens (including phenoxy) is 2. The van der Waals surface area contributed by atoms with Gasteiger partial charge in [-0.05, 0) is 73.3 Å². The maximum absolute atomic E-state index is 12.1. The Labute approximate surface area is 154 Å². The number of methoxy groups -OCH3 is 2. The molecule has 1 N–H and O–H groups in total. The van der Waals surface area contributed by atoms with Gasteiger partial charge in [0.2, 0.25) is 5.91 Å². The number of hydrogen-bond donors (Lipinski definition) is 1. The molecule has 138 valence electrons. The van der Waals surface area contributed by atoms with Crippen LogP contribution >= 0.6 is 0 Å². The summed E-state index contributed by atoms with van der Waals surface area (Å²) >= 11 is 0. The van der Waals surface area contributed by atoms with E-state index < -0.39 is 0 Å². The van der Waals surface area contributed by atoms with Gasteiger partial charge in [-0.15, -0.1) is 0 Å². The van der Waals surface area contributed by atoms with E-state index in [1.165, 1.54) is 44.1 Å². The number of anilines is 1. The van der Waals surface area contributed by atoms with Crippen LogP contribution in [0.1, 0.15) is 50.5 Å². The van der Waals surface area contributed by atoms with Gasteiger partial charge in [-0.1, -0.05) is 0 Å². The first-order valence-electron chi connectivity index (χ1n) is 9.50. The lowest BCUT2D eigenvalue weighted by Crippen LogP contribution is -2.48. The van der Waals surface area contributed by atoms with Gasteiger partial charge in [0.1, 0.15) is 6.42 Å². The molecular weight excluding hydrogens is 328 g/mol. The molecule has 1 aromatic rings. The molecule has 0 saturated heterocycles. The fraction of sp³-hybridized carbons (Fsp3) is 0.619. The van der Waals surface area contributed by atoms with Crippen molar-refractivity contribution >= 4 is 11.6 Å². The SMILES string of the molecule is COc1cc(NC(=O)CC#N)c(C23CC4CC(CC(C4)C2)C3)cc1OC. The van der Waals surface area contributed by atoms with Crippen molar-refractivity contribution in [3.05, 3.63) is 17.7 Å². The van der Waals surface area contributed by atoms with Crippen molar-refractivity contribution in [2.75, 3.05) is 19.5 Å². The first-order chi connectivity index (χ1) is 12.6. The molecule has 5 heteroatoms. The Hall–Kier alpha value is -2.22. The van der Waals surface area contributed by atoms with Crippen LogP contribution in [0.3, 0.4) is 0 Å². The molecule has 4 saturated carbocycles. The van der Waals surface area contributed by atoms with Crippen molar-refractivity contribution in [2.24, 2.45) is 17.8 Å². The van der Waals surface area contributed by atoms with Crippen LogP contribution in [0.15, 0.2) is 12.1 Å². The monoisotopic (exact) mass is 354 g/mol. The molecule has 5 rings (SSSR count). The molecule has 5 nitrogen and oxygen atoms in total. The molecule has 0 unspecified atom stereocenters. The topological polar surface area (TPSA) is 71.3 Å². The van der Waals surface area contributed by atoms with Crippen molar-refractivity contribution in [1.29, 1.82) is 5.26 Å². The van der Waals surface area contributed by atoms with E-state index in [1.807, 2.05) is 12.1 Å². The summed E-state index contributed by atoms with van der Waals surface area (Å²) < 4.78 is 11.0. The molecule has 26 heavy (non-hydrogen) atoms. The number of carbonyl (C=O) groups excluding carboxylic acids is 1. The third-order valence-corrected chi connectivity index (χ3v) is 6.65. The van der Waals surface area contributed by atoms with Crippen molar-refractivity contribution in [2.45, 2.75) is 50.4 Å². The van der Waals surface area contributed by atoms with E-state index in [0.29, 0.717) is 11.5 Å². The van der Waals surface area contributed by atoms with Gasteiger partial charge in [0.25, 0.3) is 0 Å². The molecule has 4 aliphatic carbocycles. The minimum absolute atomic E-state index is 0.115. The molecule has 0 aromatic heterocycles. The second-order valence-corrected chi connectivity index (χ2v) is 8.33. The fourth-order valence-corrected chi connectivity index (χ4v) is 6.13. The van der Waals surface area contributed by atoms with Gasteiger partial charge in [0, 0.05) is 11.8 Å². The summed E-state index contributed by atoms with van der Waals surface area (Å²) in [5, 5.41) is 11.8. The number of carbonyl (C=O) groups is 1. The maximum Gasteiger partial charge on any atom is 0.238 e. The van der Waals surface area contributed by atoms with Crippen molar-refractivity contribution in [3.63, 3.8) is 0 Å². The van der Waals surface area contributed by atoms with Crippen molar-refractivity contribution < 1.29 is 14.3 Å². The summed E-state index contributed by atoms with van der Waals surface area (Å²) in [5.74, 6) is 3.45. The Morgan fingerprint density at radius 1 is 1.12 bits per heavy atom. The third kappa shape index (κ3) is 2.82. The number of nitrogens with zero attached hydrogens (tertiary/aromatic N) is 1. The van der Waals surface area contributed by atoms with E-state index in [2.05, 4.69) is 11.4 Å². The molecule has 0 aliphatic heterocycles. The third-order valence-electron chi connectivity index (χ3n) is 6.65. The predicted octanol–water partition coefficient (Wildman–Crippen LogP) is 4.02. The van der Waals surface area contributed by atoms with Gasteiger partial charge in [-0.2, -0.15) is 5.26 Å². The summed E-state index contributed by atoms with van der Waals surface area (Å²) in [6, 6.07) is 5.85. The van der Waals surface area contributed by atoms with E-state index in [-0.39, 0.29) is 17.7 Å². The molecule has 0 spiro atoms. The van der Waals surface area contributed by atoms with Crippen molar-refractivity contribution in [1.82, 2.24) is 0 Å². The highest BCUT2D eigenvalue weighted by molar-refractivity contribution is 5.93. The average Bonchev–Trinajstić information content (AvgIpc) is 2.60. The summed E-state index contributed by atoms with van der Waals surface area (Å²) in [4.78, 5) is 12.1. The molecule has 1 aromatic carbocycles. The van der Waals surface area contributed by atoms with Crippen molar-refractivity contribution in [3.8, 4) is 17.6 Å². The number of nitriles is 1. The summed E-state index contributed by atoms with van der Waals surface area (Å²) in [6.07, 6.45) is 7.52. The lowest BCUT2D eigenvalue weighted by molar-refractivity contribution is -0.115. The van der Waals surface area contributed by atoms with Crippen LogP contribution in [-0.4, -0.2) is 20.1 Å².